The molecule has 126 valence electrons. The van der Waals surface area contributed by atoms with Crippen LogP contribution in [-0.4, -0.2) is 18.5 Å². The molecule has 2 rings (SSSR count). The van der Waals surface area contributed by atoms with Gasteiger partial charge in [0.25, 0.3) is 5.91 Å². The molecular formula is C20H23NO3. The first-order valence-corrected chi connectivity index (χ1v) is 8.24. The van der Waals surface area contributed by atoms with Gasteiger partial charge in [-0.2, -0.15) is 0 Å². The molecule has 0 aliphatic heterocycles. The highest BCUT2D eigenvalue weighted by molar-refractivity contribution is 5.93. The van der Waals surface area contributed by atoms with E-state index in [-0.39, 0.29) is 24.4 Å². The quantitative estimate of drug-likeness (QED) is 0.785. The lowest BCUT2D eigenvalue weighted by Gasteiger charge is -2.14. The summed E-state index contributed by atoms with van der Waals surface area (Å²) >= 11 is 0. The van der Waals surface area contributed by atoms with Crippen LogP contribution in [0.4, 0.5) is 5.69 Å². The maximum absolute atomic E-state index is 12.2. The van der Waals surface area contributed by atoms with E-state index in [2.05, 4.69) is 12.2 Å². The van der Waals surface area contributed by atoms with Crippen molar-refractivity contribution in [2.24, 2.45) is 0 Å². The standard InChI is InChI=1S/C20H23NO3/c1-3-15-10-12-17(13-11-15)21-19(22)14-24-20(23)18(4-2)16-8-6-5-7-9-16/h5-13,18H,3-4,14H2,1-2H3,(H,21,22)/t18-/m1/s1. The summed E-state index contributed by atoms with van der Waals surface area (Å²) in [5.74, 6) is -1.06. The third-order valence-corrected chi connectivity index (χ3v) is 3.89. The third kappa shape index (κ3) is 4.95. The van der Waals surface area contributed by atoms with E-state index in [4.69, 9.17) is 4.74 Å². The lowest BCUT2D eigenvalue weighted by molar-refractivity contribution is -0.149. The Labute approximate surface area is 142 Å². The van der Waals surface area contributed by atoms with Crippen LogP contribution in [-0.2, 0) is 20.7 Å². The van der Waals surface area contributed by atoms with Crippen molar-refractivity contribution in [3.63, 3.8) is 0 Å². The molecule has 1 amide bonds. The predicted molar refractivity (Wildman–Crippen MR) is 94.9 cm³/mol. The van der Waals surface area contributed by atoms with Gasteiger partial charge in [-0.15, -0.1) is 0 Å². The lowest BCUT2D eigenvalue weighted by Crippen LogP contribution is -2.23. The second-order valence-corrected chi connectivity index (χ2v) is 5.58. The van der Waals surface area contributed by atoms with Gasteiger partial charge in [0.15, 0.2) is 6.61 Å². The fourth-order valence-electron chi connectivity index (χ4n) is 2.48. The Balaban J connectivity index is 1.86. The number of anilines is 1. The van der Waals surface area contributed by atoms with Crippen molar-refractivity contribution >= 4 is 17.6 Å². The van der Waals surface area contributed by atoms with E-state index >= 15 is 0 Å². The lowest BCUT2D eigenvalue weighted by atomic mass is 9.97. The Bertz CT molecular complexity index is 665. The Morgan fingerprint density at radius 2 is 1.67 bits per heavy atom. The van der Waals surface area contributed by atoms with Crippen LogP contribution in [0.15, 0.2) is 54.6 Å². The van der Waals surface area contributed by atoms with Crippen molar-refractivity contribution in [2.45, 2.75) is 32.6 Å². The molecule has 0 bridgehead atoms. The average Bonchev–Trinajstić information content (AvgIpc) is 2.62. The molecular weight excluding hydrogens is 302 g/mol. The highest BCUT2D eigenvalue weighted by atomic mass is 16.5. The molecule has 0 radical (unpaired) electrons. The number of amides is 1. The molecule has 0 saturated carbocycles. The molecule has 0 heterocycles. The van der Waals surface area contributed by atoms with Crippen molar-refractivity contribution in [3.05, 3.63) is 65.7 Å². The van der Waals surface area contributed by atoms with Gasteiger partial charge in [0.1, 0.15) is 0 Å². The fraction of sp³-hybridized carbons (Fsp3) is 0.300. The monoisotopic (exact) mass is 325 g/mol. The van der Waals surface area contributed by atoms with Gasteiger partial charge in [-0.1, -0.05) is 56.3 Å². The van der Waals surface area contributed by atoms with Crippen LogP contribution in [0.5, 0.6) is 0 Å². The number of esters is 1. The normalized spacial score (nSPS) is 11.6. The van der Waals surface area contributed by atoms with E-state index in [1.165, 1.54) is 5.56 Å². The van der Waals surface area contributed by atoms with Gasteiger partial charge in [-0.05, 0) is 36.1 Å². The minimum atomic E-state index is -0.375. The zero-order valence-electron chi connectivity index (χ0n) is 14.1. The molecule has 1 atom stereocenters. The summed E-state index contributed by atoms with van der Waals surface area (Å²) in [4.78, 5) is 24.1. The summed E-state index contributed by atoms with van der Waals surface area (Å²) in [5.41, 5.74) is 2.80. The molecule has 0 spiro atoms. The largest absolute Gasteiger partial charge is 0.455 e. The van der Waals surface area contributed by atoms with Crippen LogP contribution in [0, 0.1) is 0 Å². The number of hydrogen-bond donors (Lipinski definition) is 1. The highest BCUT2D eigenvalue weighted by Crippen LogP contribution is 2.20. The van der Waals surface area contributed by atoms with Gasteiger partial charge in [-0.25, -0.2) is 0 Å². The molecule has 4 heteroatoms. The number of benzene rings is 2. The van der Waals surface area contributed by atoms with Crippen LogP contribution in [0.3, 0.4) is 0 Å². The summed E-state index contributed by atoms with van der Waals surface area (Å²) in [6, 6.07) is 17.1. The van der Waals surface area contributed by atoms with E-state index in [1.54, 1.807) is 0 Å². The van der Waals surface area contributed by atoms with Crippen molar-refractivity contribution in [3.8, 4) is 0 Å². The first-order chi connectivity index (χ1) is 11.6. The number of carbonyl (C=O) groups is 2. The molecule has 0 unspecified atom stereocenters. The van der Waals surface area contributed by atoms with Crippen LogP contribution >= 0.6 is 0 Å². The van der Waals surface area contributed by atoms with E-state index in [1.807, 2.05) is 61.5 Å². The first-order valence-electron chi connectivity index (χ1n) is 8.24. The van der Waals surface area contributed by atoms with Crippen LogP contribution in [0.1, 0.15) is 37.3 Å². The Kier molecular flexibility index (Phi) is 6.55. The Morgan fingerprint density at radius 3 is 2.25 bits per heavy atom. The summed E-state index contributed by atoms with van der Waals surface area (Å²) < 4.78 is 5.18. The van der Waals surface area contributed by atoms with Crippen molar-refractivity contribution < 1.29 is 14.3 Å². The number of aryl methyl sites for hydroxylation is 1. The predicted octanol–water partition coefficient (Wildman–Crippen LogP) is 3.92. The van der Waals surface area contributed by atoms with E-state index in [0.717, 1.165) is 12.0 Å². The maximum Gasteiger partial charge on any atom is 0.313 e. The van der Waals surface area contributed by atoms with Crippen molar-refractivity contribution in [1.82, 2.24) is 0 Å². The number of ether oxygens (including phenoxy) is 1. The molecule has 2 aromatic rings. The van der Waals surface area contributed by atoms with Gasteiger partial charge in [-0.3, -0.25) is 9.59 Å². The average molecular weight is 325 g/mol. The molecule has 0 aliphatic rings. The van der Waals surface area contributed by atoms with Gasteiger partial charge < -0.3 is 10.1 Å². The van der Waals surface area contributed by atoms with Crippen LogP contribution < -0.4 is 5.32 Å². The van der Waals surface area contributed by atoms with Crippen LogP contribution in [0.2, 0.25) is 0 Å². The molecule has 0 fully saturated rings. The highest BCUT2D eigenvalue weighted by Gasteiger charge is 2.20. The smallest absolute Gasteiger partial charge is 0.313 e. The maximum atomic E-state index is 12.2. The molecule has 0 aliphatic carbocycles. The van der Waals surface area contributed by atoms with Gasteiger partial charge >= 0.3 is 5.97 Å². The Morgan fingerprint density at radius 1 is 1.00 bits per heavy atom. The van der Waals surface area contributed by atoms with E-state index in [9.17, 15) is 9.59 Å². The van der Waals surface area contributed by atoms with Gasteiger partial charge in [0.2, 0.25) is 0 Å². The minimum Gasteiger partial charge on any atom is -0.455 e. The van der Waals surface area contributed by atoms with Crippen molar-refractivity contribution in [1.29, 1.82) is 0 Å². The summed E-state index contributed by atoms with van der Waals surface area (Å²) in [5, 5.41) is 2.73. The Hall–Kier alpha value is -2.62. The number of rotatable bonds is 7. The molecule has 2 aromatic carbocycles. The second-order valence-electron chi connectivity index (χ2n) is 5.58. The van der Waals surface area contributed by atoms with Crippen molar-refractivity contribution in [2.75, 3.05) is 11.9 Å². The van der Waals surface area contributed by atoms with Gasteiger partial charge in [0.05, 0.1) is 5.92 Å². The SMILES string of the molecule is CCc1ccc(NC(=O)COC(=O)[C@H](CC)c2ccccc2)cc1. The summed E-state index contributed by atoms with van der Waals surface area (Å²) in [6.45, 7) is 3.72. The molecule has 0 aromatic heterocycles. The third-order valence-electron chi connectivity index (χ3n) is 3.89. The zero-order valence-corrected chi connectivity index (χ0v) is 14.1. The topological polar surface area (TPSA) is 55.4 Å². The van der Waals surface area contributed by atoms with Gasteiger partial charge in [0, 0.05) is 5.69 Å². The van der Waals surface area contributed by atoms with E-state index < -0.39 is 0 Å². The molecule has 0 saturated heterocycles. The van der Waals surface area contributed by atoms with Crippen LogP contribution in [0.25, 0.3) is 0 Å². The number of carbonyl (C=O) groups excluding carboxylic acids is 2. The first kappa shape index (κ1) is 17.7. The summed E-state index contributed by atoms with van der Waals surface area (Å²) in [7, 11) is 0. The molecule has 1 N–H and O–H groups in total. The summed E-state index contributed by atoms with van der Waals surface area (Å²) in [6.07, 6.45) is 1.58. The molecule has 4 nitrogen and oxygen atoms in total. The van der Waals surface area contributed by atoms with E-state index in [0.29, 0.717) is 12.1 Å². The fourth-order valence-corrected chi connectivity index (χ4v) is 2.48. The number of nitrogens with one attached hydrogen (secondary N) is 1. The number of hydrogen-bond acceptors (Lipinski definition) is 3. The minimum absolute atomic E-state index is 0.280. The molecule has 24 heavy (non-hydrogen) atoms. The zero-order chi connectivity index (χ0) is 17.4. The second kappa shape index (κ2) is 8.87.